The van der Waals surface area contributed by atoms with Gasteiger partial charge in [-0.15, -0.1) is 0 Å². The van der Waals surface area contributed by atoms with Crippen molar-refractivity contribution in [3.63, 3.8) is 0 Å². The summed E-state index contributed by atoms with van der Waals surface area (Å²) in [6, 6.07) is 3.28. The number of nitrogens with one attached hydrogen (secondary N) is 3. The van der Waals surface area contributed by atoms with Crippen LogP contribution in [0.2, 0.25) is 0 Å². The normalized spacial score (nSPS) is 11.8. The van der Waals surface area contributed by atoms with Crippen molar-refractivity contribution in [2.24, 2.45) is 5.92 Å². The molecule has 1 aromatic rings. The SMILES string of the molecule is CC(C)[C@H](C)NC(=O)NCCNC(=O)c1cccnc1. The van der Waals surface area contributed by atoms with Gasteiger partial charge in [0.1, 0.15) is 0 Å². The molecule has 6 heteroatoms. The minimum Gasteiger partial charge on any atom is -0.350 e. The van der Waals surface area contributed by atoms with Gasteiger partial charge >= 0.3 is 6.03 Å². The van der Waals surface area contributed by atoms with Crippen LogP contribution in [0.1, 0.15) is 31.1 Å². The van der Waals surface area contributed by atoms with Gasteiger partial charge in [-0.1, -0.05) is 13.8 Å². The molecule has 0 aliphatic carbocycles. The number of carbonyl (C=O) groups is 2. The van der Waals surface area contributed by atoms with E-state index in [2.05, 4.69) is 20.9 Å². The molecule has 0 aromatic carbocycles. The van der Waals surface area contributed by atoms with Crippen molar-refractivity contribution in [1.82, 2.24) is 20.9 Å². The van der Waals surface area contributed by atoms with E-state index >= 15 is 0 Å². The van der Waals surface area contributed by atoms with Gasteiger partial charge in [0.2, 0.25) is 0 Å². The third-order valence-electron chi connectivity index (χ3n) is 2.98. The van der Waals surface area contributed by atoms with Crippen LogP contribution in [0.3, 0.4) is 0 Å². The summed E-state index contributed by atoms with van der Waals surface area (Å²) >= 11 is 0. The number of nitrogens with zero attached hydrogens (tertiary/aromatic N) is 1. The standard InChI is InChI=1S/C14H22N4O2/c1-10(2)11(3)18-14(20)17-8-7-16-13(19)12-5-4-6-15-9-12/h4-6,9-11H,7-8H2,1-3H3,(H,16,19)(H2,17,18,20)/t11-/m0/s1. The van der Waals surface area contributed by atoms with Crippen LogP contribution in [0.5, 0.6) is 0 Å². The molecular weight excluding hydrogens is 256 g/mol. The molecule has 0 radical (unpaired) electrons. The Labute approximate surface area is 119 Å². The largest absolute Gasteiger partial charge is 0.350 e. The number of urea groups is 1. The zero-order valence-electron chi connectivity index (χ0n) is 12.1. The molecule has 1 heterocycles. The molecule has 0 bridgehead atoms. The average molecular weight is 278 g/mol. The Kier molecular flexibility index (Phi) is 6.49. The Balaban J connectivity index is 2.19. The number of hydrogen-bond acceptors (Lipinski definition) is 3. The molecule has 1 rings (SSSR count). The Morgan fingerprint density at radius 2 is 1.90 bits per heavy atom. The number of pyridine rings is 1. The van der Waals surface area contributed by atoms with Crippen molar-refractivity contribution in [3.8, 4) is 0 Å². The molecule has 1 atom stereocenters. The lowest BCUT2D eigenvalue weighted by atomic mass is 10.1. The second kappa shape index (κ2) is 8.14. The van der Waals surface area contributed by atoms with Gasteiger partial charge in [0.05, 0.1) is 5.56 Å². The molecule has 6 nitrogen and oxygen atoms in total. The zero-order chi connectivity index (χ0) is 15.0. The maximum absolute atomic E-state index is 11.7. The smallest absolute Gasteiger partial charge is 0.315 e. The molecule has 3 N–H and O–H groups in total. The molecule has 20 heavy (non-hydrogen) atoms. The third kappa shape index (κ3) is 5.69. The quantitative estimate of drug-likeness (QED) is 0.683. The van der Waals surface area contributed by atoms with E-state index in [4.69, 9.17) is 0 Å². The molecule has 0 aliphatic rings. The van der Waals surface area contributed by atoms with E-state index in [0.29, 0.717) is 24.6 Å². The Bertz CT molecular complexity index is 434. The predicted octanol–water partition coefficient (Wildman–Crippen LogP) is 1.16. The molecule has 110 valence electrons. The van der Waals surface area contributed by atoms with Gasteiger partial charge in [0, 0.05) is 31.5 Å². The number of aromatic nitrogens is 1. The fourth-order valence-electron chi connectivity index (χ4n) is 1.38. The predicted molar refractivity (Wildman–Crippen MR) is 77.4 cm³/mol. The van der Waals surface area contributed by atoms with Gasteiger partial charge in [-0.3, -0.25) is 9.78 Å². The highest BCUT2D eigenvalue weighted by Gasteiger charge is 2.10. The van der Waals surface area contributed by atoms with Crippen LogP contribution < -0.4 is 16.0 Å². The van der Waals surface area contributed by atoms with Crippen molar-refractivity contribution in [1.29, 1.82) is 0 Å². The fourth-order valence-corrected chi connectivity index (χ4v) is 1.38. The number of rotatable bonds is 6. The van der Waals surface area contributed by atoms with Crippen LogP contribution in [-0.4, -0.2) is 36.1 Å². The number of hydrogen-bond donors (Lipinski definition) is 3. The fraction of sp³-hybridized carbons (Fsp3) is 0.500. The van der Waals surface area contributed by atoms with Crippen LogP contribution in [0.15, 0.2) is 24.5 Å². The first-order chi connectivity index (χ1) is 9.50. The third-order valence-corrected chi connectivity index (χ3v) is 2.98. The number of amides is 3. The van der Waals surface area contributed by atoms with Crippen molar-refractivity contribution in [3.05, 3.63) is 30.1 Å². The zero-order valence-corrected chi connectivity index (χ0v) is 12.1. The average Bonchev–Trinajstić information content (AvgIpc) is 2.44. The second-order valence-electron chi connectivity index (χ2n) is 4.93. The van der Waals surface area contributed by atoms with Crippen LogP contribution in [0.4, 0.5) is 4.79 Å². The van der Waals surface area contributed by atoms with Crippen molar-refractivity contribution in [2.75, 3.05) is 13.1 Å². The first kappa shape index (κ1) is 15.9. The highest BCUT2D eigenvalue weighted by molar-refractivity contribution is 5.93. The van der Waals surface area contributed by atoms with Crippen molar-refractivity contribution < 1.29 is 9.59 Å². The minimum atomic E-state index is -0.221. The topological polar surface area (TPSA) is 83.1 Å². The summed E-state index contributed by atoms with van der Waals surface area (Å²) in [4.78, 5) is 27.1. The molecule has 0 spiro atoms. The molecule has 0 unspecified atom stereocenters. The van der Waals surface area contributed by atoms with E-state index in [1.54, 1.807) is 18.3 Å². The van der Waals surface area contributed by atoms with Gasteiger partial charge in [-0.2, -0.15) is 0 Å². The Hall–Kier alpha value is -2.11. The summed E-state index contributed by atoms with van der Waals surface area (Å²) in [6.07, 6.45) is 3.11. The van der Waals surface area contributed by atoms with Crippen LogP contribution in [0, 0.1) is 5.92 Å². The van der Waals surface area contributed by atoms with Gasteiger partial charge < -0.3 is 16.0 Å². The maximum Gasteiger partial charge on any atom is 0.315 e. The van der Waals surface area contributed by atoms with Gasteiger partial charge in [0.25, 0.3) is 5.91 Å². The second-order valence-corrected chi connectivity index (χ2v) is 4.93. The summed E-state index contributed by atoms with van der Waals surface area (Å²) in [7, 11) is 0. The van der Waals surface area contributed by atoms with Gasteiger partial charge in [0.15, 0.2) is 0 Å². The summed E-state index contributed by atoms with van der Waals surface area (Å²) < 4.78 is 0. The van der Waals surface area contributed by atoms with Gasteiger partial charge in [-0.25, -0.2) is 4.79 Å². The summed E-state index contributed by atoms with van der Waals surface area (Å²) in [5.74, 6) is 0.182. The molecule has 3 amide bonds. The van der Waals surface area contributed by atoms with E-state index in [9.17, 15) is 9.59 Å². The number of carbonyl (C=O) groups excluding carboxylic acids is 2. The summed E-state index contributed by atoms with van der Waals surface area (Å²) in [6.45, 7) is 6.78. The first-order valence-corrected chi connectivity index (χ1v) is 6.73. The lowest BCUT2D eigenvalue weighted by molar-refractivity contribution is 0.0953. The molecule has 0 saturated heterocycles. The highest BCUT2D eigenvalue weighted by Crippen LogP contribution is 1.98. The lowest BCUT2D eigenvalue weighted by Gasteiger charge is -2.17. The minimum absolute atomic E-state index is 0.111. The van der Waals surface area contributed by atoms with E-state index < -0.39 is 0 Å². The van der Waals surface area contributed by atoms with E-state index in [-0.39, 0.29) is 18.0 Å². The van der Waals surface area contributed by atoms with E-state index in [1.807, 2.05) is 20.8 Å². The van der Waals surface area contributed by atoms with Crippen molar-refractivity contribution in [2.45, 2.75) is 26.8 Å². The van der Waals surface area contributed by atoms with Crippen LogP contribution >= 0.6 is 0 Å². The summed E-state index contributed by atoms with van der Waals surface area (Å²) in [5.41, 5.74) is 0.505. The Morgan fingerprint density at radius 3 is 2.50 bits per heavy atom. The first-order valence-electron chi connectivity index (χ1n) is 6.73. The molecule has 0 saturated carbocycles. The monoisotopic (exact) mass is 278 g/mol. The molecule has 0 fully saturated rings. The van der Waals surface area contributed by atoms with Crippen molar-refractivity contribution >= 4 is 11.9 Å². The lowest BCUT2D eigenvalue weighted by Crippen LogP contribution is -2.45. The van der Waals surface area contributed by atoms with Crippen LogP contribution in [0.25, 0.3) is 0 Å². The van der Waals surface area contributed by atoms with Gasteiger partial charge in [-0.05, 0) is 25.0 Å². The molecule has 0 aliphatic heterocycles. The molecule has 1 aromatic heterocycles. The van der Waals surface area contributed by atoms with E-state index in [0.717, 1.165) is 0 Å². The Morgan fingerprint density at radius 1 is 1.20 bits per heavy atom. The maximum atomic E-state index is 11.7. The van der Waals surface area contributed by atoms with E-state index in [1.165, 1.54) is 6.20 Å². The summed E-state index contributed by atoms with van der Waals surface area (Å²) in [5, 5.41) is 8.23. The van der Waals surface area contributed by atoms with Crippen LogP contribution in [-0.2, 0) is 0 Å². The molecular formula is C14H22N4O2. The highest BCUT2D eigenvalue weighted by atomic mass is 16.2.